The van der Waals surface area contributed by atoms with Gasteiger partial charge in [0.15, 0.2) is 11.6 Å². The second kappa shape index (κ2) is 12.2. The number of hydrogen-bond donors (Lipinski definition) is 2. The molecule has 0 atom stereocenters. The standard InChI is InChI=1S/C33H32FN5O6/c1-33(2,3)38(32(42)43)19-26-29(31(41)39(37(26)4)21-9-7-6-8-10-21)30(40)36-20-11-14-28(24(34)17-20)45-27-15-16-35-25-18-22(44-5)12-13-23(25)27/h6-18H,19H2,1-5H3,(H,36,40)(H,42,43). The summed E-state index contributed by atoms with van der Waals surface area (Å²) in [5.41, 5.74) is -0.439. The van der Waals surface area contributed by atoms with E-state index in [4.69, 9.17) is 9.47 Å². The lowest BCUT2D eigenvalue weighted by Crippen LogP contribution is -2.45. The van der Waals surface area contributed by atoms with Gasteiger partial charge in [-0.3, -0.25) is 24.2 Å². The number of nitrogens with one attached hydrogen (secondary N) is 1. The number of aromatic nitrogens is 3. The number of amides is 2. The van der Waals surface area contributed by atoms with E-state index in [0.717, 1.165) is 11.0 Å². The zero-order valence-electron chi connectivity index (χ0n) is 25.4. The van der Waals surface area contributed by atoms with Crippen LogP contribution >= 0.6 is 0 Å². The molecular weight excluding hydrogens is 581 g/mol. The Morgan fingerprint density at radius 3 is 2.40 bits per heavy atom. The number of nitrogens with zero attached hydrogens (tertiary/aromatic N) is 4. The molecule has 0 fully saturated rings. The van der Waals surface area contributed by atoms with Crippen LogP contribution in [0.2, 0.25) is 0 Å². The summed E-state index contributed by atoms with van der Waals surface area (Å²) in [7, 11) is 3.12. The molecule has 0 saturated carbocycles. The van der Waals surface area contributed by atoms with Gasteiger partial charge in [-0.1, -0.05) is 18.2 Å². The molecule has 0 aliphatic carbocycles. The summed E-state index contributed by atoms with van der Waals surface area (Å²) in [4.78, 5) is 45.0. The molecule has 0 saturated heterocycles. The number of carbonyl (C=O) groups is 2. The first kappa shape index (κ1) is 30.8. The fourth-order valence-electron chi connectivity index (χ4n) is 4.95. The van der Waals surface area contributed by atoms with Crippen LogP contribution in [-0.2, 0) is 13.6 Å². The molecule has 5 rings (SSSR count). The van der Waals surface area contributed by atoms with Crippen molar-refractivity contribution in [2.75, 3.05) is 12.4 Å². The lowest BCUT2D eigenvalue weighted by molar-refractivity contribution is 0.0919. The Morgan fingerprint density at radius 2 is 1.76 bits per heavy atom. The number of rotatable bonds is 8. The summed E-state index contributed by atoms with van der Waals surface area (Å²) < 4.78 is 29.1. The van der Waals surface area contributed by atoms with Gasteiger partial charge >= 0.3 is 6.09 Å². The fourth-order valence-corrected chi connectivity index (χ4v) is 4.95. The first-order valence-corrected chi connectivity index (χ1v) is 14.0. The summed E-state index contributed by atoms with van der Waals surface area (Å²) in [5, 5.41) is 13.2. The summed E-state index contributed by atoms with van der Waals surface area (Å²) in [6, 6.07) is 19.4. The first-order valence-electron chi connectivity index (χ1n) is 14.0. The van der Waals surface area contributed by atoms with Crippen molar-refractivity contribution in [3.8, 4) is 22.9 Å². The molecule has 2 N–H and O–H groups in total. The summed E-state index contributed by atoms with van der Waals surface area (Å²) in [5.74, 6) is -0.682. The van der Waals surface area contributed by atoms with Crippen molar-refractivity contribution in [3.05, 3.63) is 106 Å². The van der Waals surface area contributed by atoms with Crippen LogP contribution in [0.15, 0.2) is 83.8 Å². The first-order chi connectivity index (χ1) is 21.4. The molecule has 2 heterocycles. The third-order valence-corrected chi connectivity index (χ3v) is 7.28. The van der Waals surface area contributed by atoms with Crippen LogP contribution < -0.4 is 20.3 Å². The number of fused-ring (bicyclic) bond motifs is 1. The van der Waals surface area contributed by atoms with Gasteiger partial charge in [0.1, 0.15) is 17.1 Å². The Hall–Kier alpha value is -5.65. The maximum atomic E-state index is 15.3. The van der Waals surface area contributed by atoms with Gasteiger partial charge in [0.2, 0.25) is 0 Å². The van der Waals surface area contributed by atoms with Crippen molar-refractivity contribution in [2.45, 2.75) is 32.9 Å². The molecule has 2 amide bonds. The van der Waals surface area contributed by atoms with E-state index in [-0.39, 0.29) is 29.2 Å². The van der Waals surface area contributed by atoms with Gasteiger partial charge in [0.25, 0.3) is 11.5 Å². The fraction of sp³-hybridized carbons (Fsp3) is 0.212. The minimum Gasteiger partial charge on any atom is -0.497 e. The number of ether oxygens (including phenoxy) is 2. The van der Waals surface area contributed by atoms with E-state index < -0.39 is 28.9 Å². The van der Waals surface area contributed by atoms with E-state index in [1.807, 2.05) is 0 Å². The Labute approximate surface area is 258 Å². The van der Waals surface area contributed by atoms with Crippen LogP contribution in [0.5, 0.6) is 17.2 Å². The molecule has 0 aliphatic rings. The van der Waals surface area contributed by atoms with E-state index in [1.54, 1.807) is 89.5 Å². The van der Waals surface area contributed by atoms with Gasteiger partial charge < -0.3 is 19.9 Å². The van der Waals surface area contributed by atoms with E-state index in [0.29, 0.717) is 28.1 Å². The number of hydrogen-bond acceptors (Lipinski definition) is 6. The summed E-state index contributed by atoms with van der Waals surface area (Å²) in [6.07, 6.45) is 0.321. The Kier molecular flexibility index (Phi) is 8.32. The Balaban J connectivity index is 1.48. The summed E-state index contributed by atoms with van der Waals surface area (Å²) in [6.45, 7) is 4.89. The van der Waals surface area contributed by atoms with Gasteiger partial charge in [-0.2, -0.15) is 0 Å². The molecule has 12 heteroatoms. The number of benzene rings is 3. The molecule has 232 valence electrons. The highest BCUT2D eigenvalue weighted by atomic mass is 19.1. The van der Waals surface area contributed by atoms with Crippen LogP contribution in [-0.4, -0.2) is 49.0 Å². The maximum Gasteiger partial charge on any atom is 0.408 e. The van der Waals surface area contributed by atoms with Crippen molar-refractivity contribution in [1.29, 1.82) is 0 Å². The van der Waals surface area contributed by atoms with Crippen molar-refractivity contribution in [1.82, 2.24) is 19.2 Å². The highest BCUT2D eigenvalue weighted by molar-refractivity contribution is 6.05. The number of methoxy groups -OCH3 is 1. The monoisotopic (exact) mass is 613 g/mol. The molecule has 3 aromatic carbocycles. The molecule has 0 bridgehead atoms. The minimum absolute atomic E-state index is 0.0700. The Morgan fingerprint density at radius 1 is 1.02 bits per heavy atom. The molecular formula is C33H32FN5O6. The number of halogens is 1. The number of anilines is 1. The summed E-state index contributed by atoms with van der Waals surface area (Å²) >= 11 is 0. The zero-order valence-corrected chi connectivity index (χ0v) is 25.4. The van der Waals surface area contributed by atoms with E-state index in [1.165, 1.54) is 27.7 Å². The zero-order chi connectivity index (χ0) is 32.5. The predicted octanol–water partition coefficient (Wildman–Crippen LogP) is 6.20. The molecule has 0 spiro atoms. The molecule has 0 aliphatic heterocycles. The molecule has 5 aromatic rings. The highest BCUT2D eigenvalue weighted by Gasteiger charge is 2.32. The van der Waals surface area contributed by atoms with E-state index in [2.05, 4.69) is 10.3 Å². The van der Waals surface area contributed by atoms with Crippen molar-refractivity contribution >= 4 is 28.6 Å². The second-order valence-electron chi connectivity index (χ2n) is 11.2. The largest absolute Gasteiger partial charge is 0.497 e. The molecule has 2 aromatic heterocycles. The van der Waals surface area contributed by atoms with Crippen LogP contribution in [0.3, 0.4) is 0 Å². The van der Waals surface area contributed by atoms with E-state index >= 15 is 4.39 Å². The van der Waals surface area contributed by atoms with Gasteiger partial charge in [0.05, 0.1) is 30.6 Å². The predicted molar refractivity (Wildman–Crippen MR) is 167 cm³/mol. The minimum atomic E-state index is -1.22. The maximum absolute atomic E-state index is 15.3. The quantitative estimate of drug-likeness (QED) is 0.213. The number of carboxylic acid groups (broad SMARTS) is 1. The van der Waals surface area contributed by atoms with Crippen LogP contribution in [0.25, 0.3) is 16.6 Å². The molecule has 45 heavy (non-hydrogen) atoms. The number of carbonyl (C=O) groups excluding carboxylic acids is 1. The highest BCUT2D eigenvalue weighted by Crippen LogP contribution is 2.33. The second-order valence-corrected chi connectivity index (χ2v) is 11.2. The van der Waals surface area contributed by atoms with Gasteiger partial charge in [0, 0.05) is 42.0 Å². The smallest absolute Gasteiger partial charge is 0.408 e. The molecule has 0 unspecified atom stereocenters. The Bertz CT molecular complexity index is 1960. The van der Waals surface area contributed by atoms with Crippen LogP contribution in [0.1, 0.15) is 36.8 Å². The van der Waals surface area contributed by atoms with Crippen molar-refractivity contribution < 1.29 is 28.6 Å². The number of para-hydroxylation sites is 1. The van der Waals surface area contributed by atoms with Crippen LogP contribution in [0, 0.1) is 5.82 Å². The van der Waals surface area contributed by atoms with Crippen molar-refractivity contribution in [3.63, 3.8) is 0 Å². The lowest BCUT2D eigenvalue weighted by atomic mass is 10.1. The van der Waals surface area contributed by atoms with E-state index in [9.17, 15) is 19.5 Å². The molecule has 0 radical (unpaired) electrons. The third-order valence-electron chi connectivity index (χ3n) is 7.28. The van der Waals surface area contributed by atoms with Gasteiger partial charge in [-0.05, 0) is 63.2 Å². The number of pyridine rings is 1. The molecule has 11 nitrogen and oxygen atoms in total. The normalized spacial score (nSPS) is 11.3. The topological polar surface area (TPSA) is 128 Å². The average Bonchev–Trinajstić information content (AvgIpc) is 3.25. The van der Waals surface area contributed by atoms with Crippen molar-refractivity contribution in [2.24, 2.45) is 7.05 Å². The lowest BCUT2D eigenvalue weighted by Gasteiger charge is -2.33. The average molecular weight is 614 g/mol. The van der Waals surface area contributed by atoms with Gasteiger partial charge in [-0.15, -0.1) is 0 Å². The van der Waals surface area contributed by atoms with Crippen LogP contribution in [0.4, 0.5) is 14.9 Å². The third kappa shape index (κ3) is 6.21. The SMILES string of the molecule is COc1ccc2c(Oc3ccc(NC(=O)c4c(CN(C(=O)O)C(C)(C)C)n(C)n(-c5ccccc5)c4=O)cc3F)ccnc2c1. The van der Waals surface area contributed by atoms with Gasteiger partial charge in [-0.25, -0.2) is 13.9 Å².